The summed E-state index contributed by atoms with van der Waals surface area (Å²) in [7, 11) is -1.71. The Morgan fingerprint density at radius 3 is 2.29 bits per heavy atom. The summed E-state index contributed by atoms with van der Waals surface area (Å²) in [5.41, 5.74) is -0.456. The number of rotatable bonds is 4. The van der Waals surface area contributed by atoms with Crippen molar-refractivity contribution < 1.29 is 14.0 Å². The highest BCUT2D eigenvalue weighted by Crippen LogP contribution is 2.36. The van der Waals surface area contributed by atoms with E-state index in [4.69, 9.17) is 9.16 Å². The molecule has 0 unspecified atom stereocenters. The van der Waals surface area contributed by atoms with Crippen LogP contribution in [-0.4, -0.2) is 56.7 Å². The van der Waals surface area contributed by atoms with Crippen LogP contribution in [0.1, 0.15) is 54.9 Å². The van der Waals surface area contributed by atoms with Crippen molar-refractivity contribution in [3.8, 4) is 0 Å². The van der Waals surface area contributed by atoms with Crippen LogP contribution >= 0.6 is 0 Å². The largest absolute Gasteiger partial charge is 0.444 e. The lowest BCUT2D eigenvalue weighted by molar-refractivity contribution is 0.00861. The molecule has 1 rings (SSSR count). The van der Waals surface area contributed by atoms with Crippen molar-refractivity contribution >= 4 is 14.4 Å². The highest BCUT2D eigenvalue weighted by molar-refractivity contribution is 6.74. The van der Waals surface area contributed by atoms with Gasteiger partial charge in [-0.3, -0.25) is 0 Å². The molecule has 2 atom stereocenters. The number of hydrogen-bond acceptors (Lipinski definition) is 4. The first kappa shape index (κ1) is 21.4. The van der Waals surface area contributed by atoms with Crippen molar-refractivity contribution in [2.45, 2.75) is 90.7 Å². The zero-order chi connectivity index (χ0) is 18.8. The minimum atomic E-state index is -1.71. The lowest BCUT2D eigenvalue weighted by Crippen LogP contribution is -2.58. The van der Waals surface area contributed by atoms with Crippen LogP contribution in [0.4, 0.5) is 4.79 Å². The molecule has 1 amide bonds. The van der Waals surface area contributed by atoms with Gasteiger partial charge in [-0.2, -0.15) is 0 Å². The second-order valence-corrected chi connectivity index (χ2v) is 14.3. The van der Waals surface area contributed by atoms with Gasteiger partial charge in [0.2, 0.25) is 0 Å². The van der Waals surface area contributed by atoms with E-state index in [-0.39, 0.29) is 23.2 Å². The van der Waals surface area contributed by atoms with Gasteiger partial charge < -0.3 is 19.4 Å². The predicted molar refractivity (Wildman–Crippen MR) is 102 cm³/mol. The number of amides is 1. The Labute approximate surface area is 149 Å². The smallest absolute Gasteiger partial charge is 0.410 e. The molecule has 1 heterocycles. The molecule has 0 bridgehead atoms. The van der Waals surface area contributed by atoms with E-state index in [1.54, 1.807) is 0 Å². The molecule has 5 nitrogen and oxygen atoms in total. The van der Waals surface area contributed by atoms with Gasteiger partial charge in [0, 0.05) is 31.8 Å². The van der Waals surface area contributed by atoms with Crippen LogP contribution in [0.3, 0.4) is 0 Å². The van der Waals surface area contributed by atoms with E-state index in [1.807, 2.05) is 25.7 Å². The molecule has 1 aliphatic heterocycles. The Hall–Kier alpha value is -0.593. The maximum atomic E-state index is 12.4. The summed E-state index contributed by atoms with van der Waals surface area (Å²) in [4.78, 5) is 14.2. The van der Waals surface area contributed by atoms with Gasteiger partial charge in [0.1, 0.15) is 5.60 Å². The highest BCUT2D eigenvalue weighted by Gasteiger charge is 2.37. The van der Waals surface area contributed by atoms with Crippen molar-refractivity contribution in [1.29, 1.82) is 0 Å². The number of carbonyl (C=O) groups is 1. The Bertz CT molecular complexity index is 427. The van der Waals surface area contributed by atoms with Crippen LogP contribution < -0.4 is 5.32 Å². The molecule has 1 saturated heterocycles. The van der Waals surface area contributed by atoms with Crippen LogP contribution in [0.5, 0.6) is 0 Å². The second kappa shape index (κ2) is 7.75. The van der Waals surface area contributed by atoms with Crippen molar-refractivity contribution in [2.75, 3.05) is 19.7 Å². The molecule has 1 N–H and O–H groups in total. The number of piperazine rings is 1. The summed E-state index contributed by atoms with van der Waals surface area (Å²) in [5, 5.41) is 3.75. The summed E-state index contributed by atoms with van der Waals surface area (Å²) >= 11 is 0. The maximum Gasteiger partial charge on any atom is 0.410 e. The Balaban J connectivity index is 2.53. The Kier molecular flexibility index (Phi) is 6.92. The van der Waals surface area contributed by atoms with Crippen LogP contribution in [0.15, 0.2) is 0 Å². The average molecular weight is 359 g/mol. The molecule has 24 heavy (non-hydrogen) atoms. The Morgan fingerprint density at radius 1 is 1.21 bits per heavy atom. The van der Waals surface area contributed by atoms with Crippen LogP contribution in [0.25, 0.3) is 0 Å². The topological polar surface area (TPSA) is 50.8 Å². The zero-order valence-electron chi connectivity index (χ0n) is 17.2. The minimum Gasteiger partial charge on any atom is -0.444 e. The lowest BCUT2D eigenvalue weighted by atomic mass is 10.1. The number of nitrogens with one attached hydrogen (secondary N) is 1. The first-order valence-electron chi connectivity index (χ1n) is 9.10. The van der Waals surface area contributed by atoms with Gasteiger partial charge in [0.15, 0.2) is 8.32 Å². The van der Waals surface area contributed by atoms with E-state index in [9.17, 15) is 4.79 Å². The summed E-state index contributed by atoms with van der Waals surface area (Å²) in [5.74, 6) is 0. The first-order chi connectivity index (χ1) is 10.7. The lowest BCUT2D eigenvalue weighted by Gasteiger charge is -2.40. The molecule has 0 saturated carbocycles. The average Bonchev–Trinajstić information content (AvgIpc) is 2.37. The third-order valence-corrected chi connectivity index (χ3v) is 9.55. The van der Waals surface area contributed by atoms with Gasteiger partial charge in [0.25, 0.3) is 0 Å². The molecule has 0 spiro atoms. The normalized spacial score (nSPS) is 23.3. The number of carbonyl (C=O) groups excluding carboxylic acids is 1. The SMILES string of the molecule is C[C@@H]1CN[C@@H](CCO[Si](C)(C)C(C)(C)C)CN1C(=O)OC(C)(C)C. The molecule has 0 aromatic rings. The summed E-state index contributed by atoms with van der Waals surface area (Å²) < 4.78 is 11.8. The fourth-order valence-electron chi connectivity index (χ4n) is 2.37. The quantitative estimate of drug-likeness (QED) is 0.772. The van der Waals surface area contributed by atoms with Gasteiger partial charge in [-0.15, -0.1) is 0 Å². The fourth-order valence-corrected chi connectivity index (χ4v) is 3.43. The molecule has 0 aromatic carbocycles. The molecular formula is C18H38N2O3Si. The van der Waals surface area contributed by atoms with Crippen molar-refractivity contribution in [3.05, 3.63) is 0 Å². The van der Waals surface area contributed by atoms with Crippen molar-refractivity contribution in [1.82, 2.24) is 10.2 Å². The van der Waals surface area contributed by atoms with Crippen LogP contribution in [0, 0.1) is 0 Å². The maximum absolute atomic E-state index is 12.4. The van der Waals surface area contributed by atoms with Gasteiger partial charge in [0.05, 0.1) is 0 Å². The van der Waals surface area contributed by atoms with Gasteiger partial charge >= 0.3 is 6.09 Å². The highest BCUT2D eigenvalue weighted by atomic mass is 28.4. The minimum absolute atomic E-state index is 0.150. The first-order valence-corrected chi connectivity index (χ1v) is 12.0. The van der Waals surface area contributed by atoms with E-state index >= 15 is 0 Å². The van der Waals surface area contributed by atoms with Crippen molar-refractivity contribution in [2.24, 2.45) is 0 Å². The van der Waals surface area contributed by atoms with Gasteiger partial charge in [-0.1, -0.05) is 20.8 Å². The standard InChI is InChI=1S/C18H38N2O3Si/c1-14-12-19-15(10-11-22-24(8,9)18(5,6)7)13-20(14)16(21)23-17(2,3)4/h14-15,19H,10-13H2,1-9H3/t14-,15+/m1/s1. The summed E-state index contributed by atoms with van der Waals surface area (Å²) in [6, 6.07) is 0.413. The van der Waals surface area contributed by atoms with Crippen LogP contribution in [0.2, 0.25) is 18.1 Å². The van der Waals surface area contributed by atoms with E-state index in [0.29, 0.717) is 6.54 Å². The predicted octanol–water partition coefficient (Wildman–Crippen LogP) is 4.00. The van der Waals surface area contributed by atoms with Gasteiger partial charge in [-0.25, -0.2) is 4.79 Å². The molecule has 142 valence electrons. The van der Waals surface area contributed by atoms with E-state index in [0.717, 1.165) is 19.6 Å². The summed E-state index contributed by atoms with van der Waals surface area (Å²) in [6.45, 7) is 21.3. The van der Waals surface area contributed by atoms with E-state index < -0.39 is 13.9 Å². The molecule has 0 aromatic heterocycles. The molecule has 1 fully saturated rings. The van der Waals surface area contributed by atoms with E-state index in [1.165, 1.54) is 0 Å². The van der Waals surface area contributed by atoms with Crippen LogP contribution in [-0.2, 0) is 9.16 Å². The fraction of sp³-hybridized carbons (Fsp3) is 0.944. The second-order valence-electron chi connectivity index (χ2n) is 9.48. The van der Waals surface area contributed by atoms with Crippen molar-refractivity contribution in [3.63, 3.8) is 0 Å². The zero-order valence-corrected chi connectivity index (χ0v) is 18.2. The molecule has 0 radical (unpaired) electrons. The van der Waals surface area contributed by atoms with Gasteiger partial charge in [-0.05, 0) is 52.2 Å². The number of hydrogen-bond donors (Lipinski definition) is 1. The van der Waals surface area contributed by atoms with E-state index in [2.05, 4.69) is 46.1 Å². The summed E-state index contributed by atoms with van der Waals surface area (Å²) in [6.07, 6.45) is 0.699. The third-order valence-electron chi connectivity index (χ3n) is 5.01. The number of nitrogens with zero attached hydrogens (tertiary/aromatic N) is 1. The molecule has 1 aliphatic rings. The number of ether oxygens (including phenoxy) is 1. The molecule has 0 aliphatic carbocycles. The molecular weight excluding hydrogens is 320 g/mol. The molecule has 6 heteroatoms. The Morgan fingerprint density at radius 2 is 1.79 bits per heavy atom. The third kappa shape index (κ3) is 6.37. The monoisotopic (exact) mass is 358 g/mol.